The Morgan fingerprint density at radius 1 is 0.941 bits per heavy atom. The summed E-state index contributed by atoms with van der Waals surface area (Å²) < 4.78 is 0. The summed E-state index contributed by atoms with van der Waals surface area (Å²) in [6, 6.07) is 0. The van der Waals surface area contributed by atoms with E-state index in [0.717, 1.165) is 58.8 Å². The second-order valence-electron chi connectivity index (χ2n) is 4.27. The normalized spacial score (nSPS) is 22.1. The fourth-order valence-electron chi connectivity index (χ4n) is 1.83. The van der Waals surface area contributed by atoms with Crippen molar-refractivity contribution >= 4 is 5.97 Å². The zero-order chi connectivity index (χ0) is 12.3. The third kappa shape index (κ3) is 8.09. The summed E-state index contributed by atoms with van der Waals surface area (Å²) in [5, 5.41) is 18.8. The first kappa shape index (κ1) is 14.4. The molecule has 6 nitrogen and oxygen atoms in total. The minimum Gasteiger partial charge on any atom is -0.480 e. The molecule has 1 aliphatic heterocycles. The van der Waals surface area contributed by atoms with Crippen LogP contribution in [0.4, 0.5) is 0 Å². The first-order valence-electron chi connectivity index (χ1n) is 6.35. The highest BCUT2D eigenvalue weighted by Crippen LogP contribution is 1.87. The van der Waals surface area contributed by atoms with Crippen LogP contribution in [-0.2, 0) is 4.79 Å². The van der Waals surface area contributed by atoms with Crippen molar-refractivity contribution in [2.45, 2.75) is 6.42 Å². The highest BCUT2D eigenvalue weighted by molar-refractivity contribution is 5.69. The van der Waals surface area contributed by atoms with Gasteiger partial charge >= 0.3 is 5.97 Å². The smallest absolute Gasteiger partial charge is 0.317 e. The molecule has 17 heavy (non-hydrogen) atoms. The number of nitrogens with zero attached hydrogens (tertiary/aromatic N) is 1. The van der Waals surface area contributed by atoms with Crippen molar-refractivity contribution in [2.75, 3.05) is 58.9 Å². The van der Waals surface area contributed by atoms with Crippen LogP contribution >= 0.6 is 0 Å². The number of carboxylic acids is 1. The van der Waals surface area contributed by atoms with E-state index in [1.54, 1.807) is 0 Å². The molecule has 6 heteroatoms. The van der Waals surface area contributed by atoms with E-state index in [4.69, 9.17) is 5.11 Å². The Kier molecular flexibility index (Phi) is 7.91. The van der Waals surface area contributed by atoms with Gasteiger partial charge in [-0.15, -0.1) is 0 Å². The van der Waals surface area contributed by atoms with E-state index < -0.39 is 5.97 Å². The van der Waals surface area contributed by atoms with Crippen molar-refractivity contribution in [1.29, 1.82) is 0 Å². The van der Waals surface area contributed by atoms with Crippen LogP contribution in [0, 0.1) is 0 Å². The maximum Gasteiger partial charge on any atom is 0.317 e. The van der Waals surface area contributed by atoms with Gasteiger partial charge in [0.15, 0.2) is 0 Å². The van der Waals surface area contributed by atoms with E-state index in [2.05, 4.69) is 16.0 Å². The zero-order valence-electron chi connectivity index (χ0n) is 10.4. The van der Waals surface area contributed by atoms with Gasteiger partial charge in [-0.25, -0.2) is 0 Å². The number of carboxylic acid groups (broad SMARTS) is 1. The van der Waals surface area contributed by atoms with Gasteiger partial charge in [-0.3, -0.25) is 9.69 Å². The van der Waals surface area contributed by atoms with Crippen molar-refractivity contribution in [3.05, 3.63) is 0 Å². The Balaban J connectivity index is 2.28. The molecule has 1 fully saturated rings. The molecule has 0 radical (unpaired) electrons. The molecule has 0 bridgehead atoms. The molecule has 1 heterocycles. The highest BCUT2D eigenvalue weighted by Gasteiger charge is 2.08. The molecule has 100 valence electrons. The number of aliphatic carboxylic acids is 1. The number of nitrogens with one attached hydrogen (secondary N) is 3. The number of hydrogen-bond donors (Lipinski definition) is 4. The molecule has 0 amide bonds. The molecule has 0 aromatic heterocycles. The maximum atomic E-state index is 10.7. The summed E-state index contributed by atoms with van der Waals surface area (Å²) in [7, 11) is 0. The van der Waals surface area contributed by atoms with Crippen molar-refractivity contribution < 1.29 is 9.90 Å². The number of carbonyl (C=O) groups is 1. The lowest BCUT2D eigenvalue weighted by Gasteiger charge is -2.20. The largest absolute Gasteiger partial charge is 0.480 e. The second kappa shape index (κ2) is 9.35. The zero-order valence-corrected chi connectivity index (χ0v) is 10.4. The predicted octanol–water partition coefficient (Wildman–Crippen LogP) is -1.45. The lowest BCUT2D eigenvalue weighted by atomic mass is 10.4. The predicted molar refractivity (Wildman–Crippen MR) is 67.3 cm³/mol. The molecule has 0 spiro atoms. The van der Waals surface area contributed by atoms with E-state index in [-0.39, 0.29) is 6.54 Å². The molecule has 0 aromatic carbocycles. The average Bonchev–Trinajstić information content (AvgIpc) is 2.30. The minimum absolute atomic E-state index is 0.127. The van der Waals surface area contributed by atoms with Crippen molar-refractivity contribution in [1.82, 2.24) is 20.9 Å². The van der Waals surface area contributed by atoms with Gasteiger partial charge in [0.2, 0.25) is 0 Å². The van der Waals surface area contributed by atoms with Crippen LogP contribution in [0.15, 0.2) is 0 Å². The summed E-state index contributed by atoms with van der Waals surface area (Å²) >= 11 is 0. The molecular formula is C11H24N4O2. The first-order chi connectivity index (χ1) is 8.29. The Morgan fingerprint density at radius 3 is 2.06 bits per heavy atom. The summed E-state index contributed by atoms with van der Waals surface area (Å²) in [4.78, 5) is 12.7. The SMILES string of the molecule is O=C(O)CN1CCNCCCNCCNCC1. The Morgan fingerprint density at radius 2 is 1.47 bits per heavy atom. The van der Waals surface area contributed by atoms with Crippen molar-refractivity contribution in [3.63, 3.8) is 0 Å². The Hall–Kier alpha value is -0.690. The molecule has 0 saturated carbocycles. The first-order valence-corrected chi connectivity index (χ1v) is 6.35. The summed E-state index contributed by atoms with van der Waals surface area (Å²) in [5.74, 6) is -0.754. The monoisotopic (exact) mass is 244 g/mol. The second-order valence-corrected chi connectivity index (χ2v) is 4.27. The topological polar surface area (TPSA) is 76.6 Å². The van der Waals surface area contributed by atoms with Crippen LogP contribution in [0.25, 0.3) is 0 Å². The van der Waals surface area contributed by atoms with Crippen LogP contribution in [-0.4, -0.2) is 74.9 Å². The third-order valence-corrected chi connectivity index (χ3v) is 2.75. The molecule has 0 atom stereocenters. The molecule has 1 aliphatic rings. The van der Waals surface area contributed by atoms with E-state index >= 15 is 0 Å². The summed E-state index contributed by atoms with van der Waals surface area (Å²) in [5.41, 5.74) is 0. The molecule has 0 aromatic rings. The number of hydrogen-bond acceptors (Lipinski definition) is 5. The van der Waals surface area contributed by atoms with Crippen LogP contribution < -0.4 is 16.0 Å². The van der Waals surface area contributed by atoms with Gasteiger partial charge in [0.25, 0.3) is 0 Å². The van der Waals surface area contributed by atoms with Crippen LogP contribution in [0.2, 0.25) is 0 Å². The molecule has 1 rings (SSSR count). The highest BCUT2D eigenvalue weighted by atomic mass is 16.4. The van der Waals surface area contributed by atoms with Gasteiger partial charge in [-0.05, 0) is 19.5 Å². The third-order valence-electron chi connectivity index (χ3n) is 2.75. The van der Waals surface area contributed by atoms with E-state index in [1.165, 1.54) is 0 Å². The van der Waals surface area contributed by atoms with Crippen LogP contribution in [0.3, 0.4) is 0 Å². The van der Waals surface area contributed by atoms with E-state index in [1.807, 2.05) is 4.90 Å². The standard InChI is InChI=1S/C11H24N4O2/c16-11(17)10-15-8-6-13-3-1-2-12-4-5-14-7-9-15/h12-14H,1-10H2,(H,16,17). The fourth-order valence-corrected chi connectivity index (χ4v) is 1.83. The molecule has 1 saturated heterocycles. The van der Waals surface area contributed by atoms with Gasteiger partial charge in [-0.2, -0.15) is 0 Å². The van der Waals surface area contributed by atoms with Gasteiger partial charge in [0, 0.05) is 39.3 Å². The summed E-state index contributed by atoms with van der Waals surface area (Å²) in [6.45, 7) is 7.33. The van der Waals surface area contributed by atoms with Crippen molar-refractivity contribution in [3.8, 4) is 0 Å². The van der Waals surface area contributed by atoms with Gasteiger partial charge in [-0.1, -0.05) is 0 Å². The van der Waals surface area contributed by atoms with Crippen LogP contribution in [0.1, 0.15) is 6.42 Å². The van der Waals surface area contributed by atoms with Crippen molar-refractivity contribution in [2.24, 2.45) is 0 Å². The maximum absolute atomic E-state index is 10.7. The Labute approximate surface area is 103 Å². The molecule has 4 N–H and O–H groups in total. The quantitative estimate of drug-likeness (QED) is 0.476. The van der Waals surface area contributed by atoms with Gasteiger partial charge < -0.3 is 21.1 Å². The van der Waals surface area contributed by atoms with Crippen LogP contribution in [0.5, 0.6) is 0 Å². The summed E-state index contributed by atoms with van der Waals surface area (Å²) in [6.07, 6.45) is 1.11. The molecule has 0 unspecified atom stereocenters. The van der Waals surface area contributed by atoms with E-state index in [0.29, 0.717) is 0 Å². The molecular weight excluding hydrogens is 220 g/mol. The van der Waals surface area contributed by atoms with Gasteiger partial charge in [0.05, 0.1) is 6.54 Å². The average molecular weight is 244 g/mol. The lowest BCUT2D eigenvalue weighted by Crippen LogP contribution is -2.40. The molecule has 0 aliphatic carbocycles. The lowest BCUT2D eigenvalue weighted by molar-refractivity contribution is -0.138. The number of rotatable bonds is 2. The minimum atomic E-state index is -0.754. The van der Waals surface area contributed by atoms with Gasteiger partial charge in [0.1, 0.15) is 0 Å². The Bertz CT molecular complexity index is 200. The fraction of sp³-hybridized carbons (Fsp3) is 0.909. The van der Waals surface area contributed by atoms with E-state index in [9.17, 15) is 4.79 Å².